The lowest BCUT2D eigenvalue weighted by atomic mass is 9.96. The molecule has 0 heterocycles. The van der Waals surface area contributed by atoms with E-state index in [1.54, 1.807) is 49.4 Å². The summed E-state index contributed by atoms with van der Waals surface area (Å²) in [5, 5.41) is 14.2. The molecular formula is C24H28N2O6. The number of carboxylic acids is 1. The number of Topliss-reactive ketones (excluding diaryl/α,β-unsaturated/α-hetero) is 1. The molecule has 0 saturated heterocycles. The number of hydrogen-bond donors (Lipinski definition) is 3. The van der Waals surface area contributed by atoms with Crippen molar-refractivity contribution in [3.63, 3.8) is 0 Å². The Bertz CT molecular complexity index is 917. The van der Waals surface area contributed by atoms with Crippen molar-refractivity contribution in [2.45, 2.75) is 45.4 Å². The van der Waals surface area contributed by atoms with Crippen molar-refractivity contribution >= 4 is 23.8 Å². The predicted octanol–water partition coefficient (Wildman–Crippen LogP) is 2.71. The summed E-state index contributed by atoms with van der Waals surface area (Å²) in [6.07, 6.45) is -0.199. The molecule has 8 heteroatoms. The van der Waals surface area contributed by atoms with Crippen LogP contribution < -0.4 is 10.6 Å². The molecule has 3 atom stereocenters. The van der Waals surface area contributed by atoms with Crippen molar-refractivity contribution in [3.05, 3.63) is 71.8 Å². The maximum absolute atomic E-state index is 13.0. The maximum Gasteiger partial charge on any atom is 0.408 e. The largest absolute Gasteiger partial charge is 0.475 e. The van der Waals surface area contributed by atoms with Gasteiger partial charge in [0, 0.05) is 6.42 Å². The summed E-state index contributed by atoms with van der Waals surface area (Å²) in [5.74, 6) is -3.69. The van der Waals surface area contributed by atoms with E-state index in [0.29, 0.717) is 12.0 Å². The topological polar surface area (TPSA) is 122 Å². The third-order valence-electron chi connectivity index (χ3n) is 5.11. The van der Waals surface area contributed by atoms with Gasteiger partial charge in [-0.05, 0) is 17.0 Å². The lowest BCUT2D eigenvalue weighted by Crippen LogP contribution is -2.55. The molecule has 0 saturated carbocycles. The van der Waals surface area contributed by atoms with E-state index in [-0.39, 0.29) is 18.9 Å². The highest BCUT2D eigenvalue weighted by Gasteiger charge is 2.32. The molecule has 2 amide bonds. The van der Waals surface area contributed by atoms with Crippen LogP contribution in [0.25, 0.3) is 0 Å². The molecule has 0 aliphatic heterocycles. The monoisotopic (exact) mass is 440 g/mol. The molecule has 8 nitrogen and oxygen atoms in total. The number of carbonyl (C=O) groups is 4. The number of rotatable bonds is 11. The van der Waals surface area contributed by atoms with Crippen molar-refractivity contribution in [2.24, 2.45) is 5.92 Å². The molecule has 2 rings (SSSR count). The Hall–Kier alpha value is -3.68. The Morgan fingerprint density at radius 3 is 2.00 bits per heavy atom. The number of alkyl carbamates (subject to hydrolysis) is 1. The van der Waals surface area contributed by atoms with Crippen LogP contribution in [0.15, 0.2) is 60.7 Å². The average Bonchev–Trinajstić information content (AvgIpc) is 2.81. The van der Waals surface area contributed by atoms with Gasteiger partial charge in [-0.1, -0.05) is 80.9 Å². The normalized spacial score (nSPS) is 13.3. The van der Waals surface area contributed by atoms with Crippen LogP contribution in [0.4, 0.5) is 4.79 Å². The number of nitrogens with one attached hydrogen (secondary N) is 2. The van der Waals surface area contributed by atoms with Gasteiger partial charge in [0.25, 0.3) is 5.78 Å². The molecule has 0 spiro atoms. The second-order valence-electron chi connectivity index (χ2n) is 7.49. The van der Waals surface area contributed by atoms with Gasteiger partial charge < -0.3 is 20.5 Å². The van der Waals surface area contributed by atoms with Gasteiger partial charge in [-0.25, -0.2) is 9.59 Å². The molecule has 0 aliphatic rings. The van der Waals surface area contributed by atoms with Gasteiger partial charge in [0.1, 0.15) is 18.7 Å². The second kappa shape index (κ2) is 12.2. The fourth-order valence-electron chi connectivity index (χ4n) is 3.06. The van der Waals surface area contributed by atoms with Crippen molar-refractivity contribution in [2.75, 3.05) is 0 Å². The van der Waals surface area contributed by atoms with E-state index in [1.807, 2.05) is 25.1 Å². The zero-order chi connectivity index (χ0) is 23.5. The molecular weight excluding hydrogens is 412 g/mol. The first-order valence-corrected chi connectivity index (χ1v) is 10.4. The number of aliphatic carboxylic acids is 1. The number of ketones is 1. The summed E-state index contributed by atoms with van der Waals surface area (Å²) in [6, 6.07) is 15.6. The van der Waals surface area contributed by atoms with Crippen LogP contribution in [-0.2, 0) is 32.1 Å². The molecule has 170 valence electrons. The molecule has 0 aliphatic carbocycles. The summed E-state index contributed by atoms with van der Waals surface area (Å²) in [6.45, 7) is 3.66. The van der Waals surface area contributed by atoms with Crippen LogP contribution in [0.1, 0.15) is 31.4 Å². The van der Waals surface area contributed by atoms with Gasteiger partial charge in [0.15, 0.2) is 0 Å². The molecule has 2 aromatic carbocycles. The molecule has 2 aromatic rings. The van der Waals surface area contributed by atoms with E-state index in [4.69, 9.17) is 4.74 Å². The minimum atomic E-state index is -1.64. The number of carboxylic acid groups (broad SMARTS) is 1. The third kappa shape index (κ3) is 7.54. The maximum atomic E-state index is 13.0. The summed E-state index contributed by atoms with van der Waals surface area (Å²) >= 11 is 0. The van der Waals surface area contributed by atoms with Crippen LogP contribution in [-0.4, -0.2) is 40.9 Å². The third-order valence-corrected chi connectivity index (χ3v) is 5.11. The van der Waals surface area contributed by atoms with Gasteiger partial charge in [-0.15, -0.1) is 0 Å². The lowest BCUT2D eigenvalue weighted by Gasteiger charge is -2.25. The minimum Gasteiger partial charge on any atom is -0.475 e. The SMILES string of the molecule is CC[C@H](C)[C@H](NC(=O)OCc1ccccc1)C(=O)N[C@@H](Cc1ccccc1)C(=O)C(=O)O. The molecule has 0 fully saturated rings. The van der Waals surface area contributed by atoms with E-state index >= 15 is 0 Å². The zero-order valence-corrected chi connectivity index (χ0v) is 18.1. The Kier molecular flexibility index (Phi) is 9.41. The van der Waals surface area contributed by atoms with Gasteiger partial charge in [-0.2, -0.15) is 0 Å². The number of benzene rings is 2. The average molecular weight is 440 g/mol. The van der Waals surface area contributed by atoms with Crippen LogP contribution >= 0.6 is 0 Å². The van der Waals surface area contributed by atoms with Gasteiger partial charge in [0.05, 0.1) is 0 Å². The summed E-state index contributed by atoms with van der Waals surface area (Å²) in [7, 11) is 0. The van der Waals surface area contributed by atoms with Gasteiger partial charge >= 0.3 is 12.1 Å². The van der Waals surface area contributed by atoms with Crippen molar-refractivity contribution in [3.8, 4) is 0 Å². The molecule has 0 aromatic heterocycles. The first-order chi connectivity index (χ1) is 15.3. The van der Waals surface area contributed by atoms with Crippen LogP contribution in [0.2, 0.25) is 0 Å². The minimum absolute atomic E-state index is 0.0173. The Morgan fingerprint density at radius 1 is 0.906 bits per heavy atom. The molecule has 32 heavy (non-hydrogen) atoms. The summed E-state index contributed by atoms with van der Waals surface area (Å²) in [4.78, 5) is 48.7. The number of ether oxygens (including phenoxy) is 1. The first-order valence-electron chi connectivity index (χ1n) is 10.4. The Morgan fingerprint density at radius 2 is 1.47 bits per heavy atom. The van der Waals surface area contributed by atoms with Crippen molar-refractivity contribution in [1.82, 2.24) is 10.6 Å². The molecule has 0 bridgehead atoms. The lowest BCUT2D eigenvalue weighted by molar-refractivity contribution is -0.150. The molecule has 3 N–H and O–H groups in total. The van der Waals surface area contributed by atoms with Crippen LogP contribution in [0.3, 0.4) is 0 Å². The van der Waals surface area contributed by atoms with Crippen molar-refractivity contribution < 1.29 is 29.0 Å². The predicted molar refractivity (Wildman–Crippen MR) is 118 cm³/mol. The van der Waals surface area contributed by atoms with Crippen LogP contribution in [0, 0.1) is 5.92 Å². The van der Waals surface area contributed by atoms with Crippen LogP contribution in [0.5, 0.6) is 0 Å². The van der Waals surface area contributed by atoms with E-state index in [1.165, 1.54) is 0 Å². The van der Waals surface area contributed by atoms with E-state index in [2.05, 4.69) is 10.6 Å². The summed E-state index contributed by atoms with van der Waals surface area (Å²) in [5.41, 5.74) is 1.49. The fraction of sp³-hybridized carbons (Fsp3) is 0.333. The Balaban J connectivity index is 2.08. The van der Waals surface area contributed by atoms with E-state index < -0.39 is 35.8 Å². The fourth-order valence-corrected chi connectivity index (χ4v) is 3.06. The highest BCUT2D eigenvalue weighted by atomic mass is 16.5. The number of hydrogen-bond acceptors (Lipinski definition) is 5. The van der Waals surface area contributed by atoms with E-state index in [9.17, 15) is 24.3 Å². The number of amides is 2. The second-order valence-corrected chi connectivity index (χ2v) is 7.49. The summed E-state index contributed by atoms with van der Waals surface area (Å²) < 4.78 is 5.20. The standard InChI is InChI=1S/C24H28N2O6/c1-3-16(2)20(26-24(31)32-15-18-12-8-5-9-13-18)22(28)25-19(21(27)23(29)30)14-17-10-6-4-7-11-17/h4-13,16,19-20H,3,14-15H2,1-2H3,(H,25,28)(H,26,31)(H,29,30)/t16-,19-,20-/m0/s1. The smallest absolute Gasteiger partial charge is 0.408 e. The highest BCUT2D eigenvalue weighted by Crippen LogP contribution is 2.11. The quantitative estimate of drug-likeness (QED) is 0.462. The first kappa shape index (κ1) is 24.6. The number of carbonyl (C=O) groups excluding carboxylic acids is 3. The van der Waals surface area contributed by atoms with Gasteiger partial charge in [-0.3, -0.25) is 9.59 Å². The van der Waals surface area contributed by atoms with Gasteiger partial charge in [0.2, 0.25) is 5.91 Å². The highest BCUT2D eigenvalue weighted by molar-refractivity contribution is 6.35. The molecule has 0 unspecified atom stereocenters. The van der Waals surface area contributed by atoms with Crippen molar-refractivity contribution in [1.29, 1.82) is 0 Å². The van der Waals surface area contributed by atoms with E-state index in [0.717, 1.165) is 5.56 Å². The molecule has 0 radical (unpaired) electrons. The Labute approximate surface area is 187 Å². The zero-order valence-electron chi connectivity index (χ0n) is 18.1.